The molecule has 6 atom stereocenters. The molecular weight excluding hydrogens is 476 g/mol. The smallest absolute Gasteiger partial charge is 0.311 e. The largest absolute Gasteiger partial charge is 0.461 e. The monoisotopic (exact) mass is 512 g/mol. The van der Waals surface area contributed by atoms with Crippen molar-refractivity contribution in [3.8, 4) is 0 Å². The Morgan fingerprint density at radius 3 is 2.61 bits per heavy atom. The summed E-state index contributed by atoms with van der Waals surface area (Å²) < 4.78 is 4.69. The molecule has 1 N–H and O–H groups in total. The van der Waals surface area contributed by atoms with Crippen LogP contribution in [0.2, 0.25) is 0 Å². The Morgan fingerprint density at radius 2 is 2.00 bits per heavy atom. The van der Waals surface area contributed by atoms with Gasteiger partial charge in [-0.25, -0.2) is 0 Å². The molecule has 1 aromatic carbocycles. The molecule has 1 spiro atoms. The average Bonchev–Trinajstić information content (AvgIpc) is 3.52. The van der Waals surface area contributed by atoms with Crippen molar-refractivity contribution in [1.82, 2.24) is 9.80 Å². The van der Waals surface area contributed by atoms with Crippen molar-refractivity contribution in [3.63, 3.8) is 0 Å². The molecule has 3 saturated heterocycles. The molecule has 7 nitrogen and oxygen atoms in total. The summed E-state index contributed by atoms with van der Waals surface area (Å²) in [5, 5.41) is 10.4. The molecule has 36 heavy (non-hydrogen) atoms. The highest BCUT2D eigenvalue weighted by Crippen LogP contribution is 2.67. The topological polar surface area (TPSA) is 87.2 Å². The number of amides is 2. The zero-order valence-corrected chi connectivity index (χ0v) is 21.9. The van der Waals surface area contributed by atoms with Crippen LogP contribution < -0.4 is 0 Å². The molecular formula is C28H36N2O5S. The van der Waals surface area contributed by atoms with Crippen molar-refractivity contribution >= 4 is 29.5 Å². The summed E-state index contributed by atoms with van der Waals surface area (Å²) in [6.07, 6.45) is 5.03. The second-order valence-electron chi connectivity index (χ2n) is 10.1. The van der Waals surface area contributed by atoms with Crippen molar-refractivity contribution in [2.75, 3.05) is 19.8 Å². The zero-order chi connectivity index (χ0) is 26.0. The van der Waals surface area contributed by atoms with E-state index in [1.54, 1.807) is 27.6 Å². The lowest BCUT2D eigenvalue weighted by atomic mass is 9.71. The number of thioether (sulfide) groups is 1. The van der Waals surface area contributed by atoms with E-state index in [9.17, 15) is 19.5 Å². The quantitative estimate of drug-likeness (QED) is 0.363. The summed E-state index contributed by atoms with van der Waals surface area (Å²) in [5.41, 5.74) is 0.968. The van der Waals surface area contributed by atoms with Gasteiger partial charge in [-0.2, -0.15) is 0 Å². The molecule has 4 rings (SSSR count). The Morgan fingerprint density at radius 1 is 1.28 bits per heavy atom. The van der Waals surface area contributed by atoms with Gasteiger partial charge < -0.3 is 19.6 Å². The van der Waals surface area contributed by atoms with Crippen LogP contribution in [0.15, 0.2) is 55.6 Å². The number of fused-ring (bicyclic) bond motifs is 1. The van der Waals surface area contributed by atoms with Crippen molar-refractivity contribution in [2.24, 2.45) is 11.8 Å². The maximum Gasteiger partial charge on any atom is 0.311 e. The summed E-state index contributed by atoms with van der Waals surface area (Å²) in [6, 6.07) is 8.19. The van der Waals surface area contributed by atoms with E-state index in [4.69, 9.17) is 4.74 Å². The van der Waals surface area contributed by atoms with Crippen LogP contribution in [0.4, 0.5) is 0 Å². The Bertz CT molecular complexity index is 1010. The first-order chi connectivity index (χ1) is 17.3. The van der Waals surface area contributed by atoms with Crippen LogP contribution in [0.1, 0.15) is 32.3 Å². The van der Waals surface area contributed by atoms with Crippen molar-refractivity contribution in [1.29, 1.82) is 0 Å². The predicted molar refractivity (Wildman–Crippen MR) is 140 cm³/mol. The maximum absolute atomic E-state index is 14.2. The van der Waals surface area contributed by atoms with E-state index in [1.165, 1.54) is 6.08 Å². The highest BCUT2D eigenvalue weighted by Gasteiger charge is 2.74. The first-order valence-corrected chi connectivity index (χ1v) is 13.5. The van der Waals surface area contributed by atoms with E-state index < -0.39 is 34.6 Å². The van der Waals surface area contributed by atoms with E-state index >= 15 is 0 Å². The highest BCUT2D eigenvalue weighted by atomic mass is 32.2. The van der Waals surface area contributed by atoms with Gasteiger partial charge in [0.05, 0.1) is 29.2 Å². The number of benzene rings is 1. The molecule has 2 bridgehead atoms. The van der Waals surface area contributed by atoms with E-state index in [1.807, 2.05) is 44.2 Å². The molecule has 0 aromatic heterocycles. The van der Waals surface area contributed by atoms with E-state index in [2.05, 4.69) is 13.2 Å². The zero-order valence-electron chi connectivity index (χ0n) is 21.0. The minimum atomic E-state index is -0.773. The van der Waals surface area contributed by atoms with E-state index in [0.717, 1.165) is 12.0 Å². The summed E-state index contributed by atoms with van der Waals surface area (Å²) >= 11 is 1.60. The number of rotatable bonds is 11. The van der Waals surface area contributed by atoms with Crippen molar-refractivity contribution in [3.05, 3.63) is 61.2 Å². The number of nitrogens with zero attached hydrogens (tertiary/aromatic N) is 2. The number of ether oxygens (including phenoxy) is 1. The Hall–Kier alpha value is -2.58. The van der Waals surface area contributed by atoms with Crippen LogP contribution in [0.25, 0.3) is 0 Å². The summed E-state index contributed by atoms with van der Waals surface area (Å²) in [7, 11) is 0. The van der Waals surface area contributed by atoms with Crippen LogP contribution in [0.3, 0.4) is 0 Å². The average molecular weight is 513 g/mol. The molecule has 3 aliphatic heterocycles. The first-order valence-electron chi connectivity index (χ1n) is 12.6. The van der Waals surface area contributed by atoms with Gasteiger partial charge in [0.1, 0.15) is 12.6 Å². The summed E-state index contributed by atoms with van der Waals surface area (Å²) in [5.74, 6) is -2.06. The molecule has 3 fully saturated rings. The number of aliphatic hydroxyl groups excluding tert-OH is 1. The minimum Gasteiger partial charge on any atom is -0.461 e. The maximum atomic E-state index is 14.2. The minimum absolute atomic E-state index is 0.0673. The number of likely N-dealkylation sites (tertiary alicyclic amines) is 1. The molecule has 8 heteroatoms. The van der Waals surface area contributed by atoms with Crippen LogP contribution in [-0.2, 0) is 25.5 Å². The van der Waals surface area contributed by atoms with Gasteiger partial charge in [0.25, 0.3) is 0 Å². The van der Waals surface area contributed by atoms with Gasteiger partial charge in [0, 0.05) is 17.8 Å². The molecule has 0 aliphatic carbocycles. The number of hydrogen-bond acceptors (Lipinski definition) is 6. The fourth-order valence-corrected chi connectivity index (χ4v) is 8.44. The van der Waals surface area contributed by atoms with Gasteiger partial charge in [-0.15, -0.1) is 18.3 Å². The lowest BCUT2D eigenvalue weighted by molar-refractivity contribution is -0.153. The number of carbonyl (C=O) groups excluding carboxylic acids is 3. The van der Waals surface area contributed by atoms with Crippen molar-refractivity contribution in [2.45, 2.75) is 61.2 Å². The highest BCUT2D eigenvalue weighted by molar-refractivity contribution is 8.02. The first kappa shape index (κ1) is 26.5. The Balaban J connectivity index is 1.78. The molecule has 3 aliphatic rings. The van der Waals surface area contributed by atoms with Gasteiger partial charge in [-0.1, -0.05) is 49.1 Å². The number of aliphatic hydroxyl groups is 1. The normalized spacial score (nSPS) is 29.2. The third kappa shape index (κ3) is 4.39. The summed E-state index contributed by atoms with van der Waals surface area (Å²) in [6.45, 7) is 11.5. The SMILES string of the molecule is C=CCOC(=O)[C@@H]1[C@@H]2CCC3(S2)C(C(=O)N(CC=C)C(C)C)N([C@@H](CO)Cc2ccccc2)C(=O)[C@H]13. The third-order valence-corrected chi connectivity index (χ3v) is 9.69. The third-order valence-electron chi connectivity index (χ3n) is 7.74. The fraction of sp³-hybridized carbons (Fsp3) is 0.536. The summed E-state index contributed by atoms with van der Waals surface area (Å²) in [4.78, 5) is 44.9. The van der Waals surface area contributed by atoms with Gasteiger partial charge in [0.15, 0.2) is 0 Å². The molecule has 0 saturated carbocycles. The molecule has 2 amide bonds. The molecule has 0 radical (unpaired) electrons. The van der Waals surface area contributed by atoms with Gasteiger partial charge in [-0.3, -0.25) is 14.4 Å². The number of carbonyl (C=O) groups is 3. The molecule has 3 heterocycles. The lowest BCUT2D eigenvalue weighted by Crippen LogP contribution is -2.58. The van der Waals surface area contributed by atoms with Gasteiger partial charge in [0.2, 0.25) is 11.8 Å². The standard InChI is InChI=1S/C28H36N2O5S/c1-5-14-29(18(3)4)26(33)24-28-13-12-21(36-28)22(27(34)35-15-6-2)23(28)25(32)30(24)20(17-31)16-19-10-8-7-9-11-19/h5-11,18,20-24,31H,1-2,12-17H2,3-4H3/t20-,21+,22-,23+,24?,28?/m1/s1. The van der Waals surface area contributed by atoms with Crippen LogP contribution in [0.5, 0.6) is 0 Å². The predicted octanol–water partition coefficient (Wildman–Crippen LogP) is 2.83. The van der Waals surface area contributed by atoms with E-state index in [-0.39, 0.29) is 36.3 Å². The van der Waals surface area contributed by atoms with Gasteiger partial charge in [-0.05, 0) is 38.7 Å². The second kappa shape index (κ2) is 10.8. The van der Waals surface area contributed by atoms with Gasteiger partial charge >= 0.3 is 5.97 Å². The Labute approximate surface area is 217 Å². The molecule has 2 unspecified atom stereocenters. The fourth-order valence-electron chi connectivity index (χ4n) is 6.26. The van der Waals surface area contributed by atoms with Crippen LogP contribution in [-0.4, -0.2) is 80.6 Å². The second-order valence-corrected chi connectivity index (χ2v) is 11.7. The van der Waals surface area contributed by atoms with Crippen LogP contribution in [0, 0.1) is 11.8 Å². The molecule has 1 aromatic rings. The van der Waals surface area contributed by atoms with Crippen LogP contribution >= 0.6 is 11.8 Å². The van der Waals surface area contributed by atoms with E-state index in [0.29, 0.717) is 19.4 Å². The number of hydrogen-bond donors (Lipinski definition) is 1. The molecule has 194 valence electrons. The van der Waals surface area contributed by atoms with Crippen molar-refractivity contribution < 1.29 is 24.2 Å². The Kier molecular flexibility index (Phi) is 7.95. The lowest BCUT2D eigenvalue weighted by Gasteiger charge is -2.40. The number of esters is 1.